The van der Waals surface area contributed by atoms with Crippen LogP contribution in [0.25, 0.3) is 0 Å². The molecule has 0 saturated carbocycles. The molecule has 0 atom stereocenters. The summed E-state index contributed by atoms with van der Waals surface area (Å²) in [6.45, 7) is 9.95. The van der Waals surface area contributed by atoms with E-state index in [4.69, 9.17) is 32.1 Å². The third-order valence-electron chi connectivity index (χ3n) is 5.18. The van der Waals surface area contributed by atoms with Gasteiger partial charge in [0.05, 0.1) is 23.2 Å². The van der Waals surface area contributed by atoms with E-state index in [1.165, 1.54) is 18.2 Å². The number of ether oxygens (including phenoxy) is 1. The highest BCUT2D eigenvalue weighted by Gasteiger charge is 2.23. The number of carbonyl (C=O) groups excluding carboxylic acids is 1. The number of carbonyl (C=O) groups is 1. The summed E-state index contributed by atoms with van der Waals surface area (Å²) in [4.78, 5) is 16.3. The third kappa shape index (κ3) is 8.17. The standard InChI is InChI=1S/C24H33Cl2N3O5S/c1-6-28(7-2)19-9-8-18(16-29(12-13-33-5)24(30)27-17(3)4)23(14-19)34-35(31,32)20-10-11-21(25)22(26)15-20/h8-11,14-15,17H,6-7,12-13,16H2,1-5H3,(H,27,30). The Labute approximate surface area is 218 Å². The monoisotopic (exact) mass is 545 g/mol. The van der Waals surface area contributed by atoms with Crippen molar-refractivity contribution in [2.45, 2.75) is 45.2 Å². The number of urea groups is 1. The number of methoxy groups -OCH3 is 1. The Morgan fingerprint density at radius 1 is 1.06 bits per heavy atom. The second kappa shape index (κ2) is 13.2. The number of anilines is 1. The van der Waals surface area contributed by atoms with Crippen LogP contribution in [0.1, 0.15) is 33.3 Å². The molecule has 0 unspecified atom stereocenters. The summed E-state index contributed by atoms with van der Waals surface area (Å²) >= 11 is 12.0. The van der Waals surface area contributed by atoms with Crippen LogP contribution in [0.2, 0.25) is 10.0 Å². The first-order chi connectivity index (χ1) is 16.5. The van der Waals surface area contributed by atoms with Crippen molar-refractivity contribution in [3.63, 3.8) is 0 Å². The van der Waals surface area contributed by atoms with E-state index in [9.17, 15) is 13.2 Å². The van der Waals surface area contributed by atoms with Gasteiger partial charge in [0.2, 0.25) is 0 Å². The van der Waals surface area contributed by atoms with Gasteiger partial charge in [0, 0.05) is 50.1 Å². The summed E-state index contributed by atoms with van der Waals surface area (Å²) in [6, 6.07) is 8.95. The third-order valence-corrected chi connectivity index (χ3v) is 7.15. The smallest absolute Gasteiger partial charge is 0.339 e. The lowest BCUT2D eigenvalue weighted by molar-refractivity contribution is 0.145. The zero-order chi connectivity index (χ0) is 26.2. The molecule has 0 saturated heterocycles. The lowest BCUT2D eigenvalue weighted by Gasteiger charge is -2.26. The summed E-state index contributed by atoms with van der Waals surface area (Å²) < 4.78 is 37.0. The molecular formula is C24H33Cl2N3O5S. The fraction of sp³-hybridized carbons (Fsp3) is 0.458. The molecule has 0 bridgehead atoms. The van der Waals surface area contributed by atoms with Gasteiger partial charge in [-0.05, 0) is 52.0 Å². The zero-order valence-corrected chi connectivity index (χ0v) is 23.0. The molecule has 0 heterocycles. The molecule has 0 spiro atoms. The van der Waals surface area contributed by atoms with Crippen molar-refractivity contribution < 1.29 is 22.1 Å². The zero-order valence-electron chi connectivity index (χ0n) is 20.7. The van der Waals surface area contributed by atoms with Gasteiger partial charge in [-0.15, -0.1) is 0 Å². The fourth-order valence-corrected chi connectivity index (χ4v) is 4.68. The average Bonchev–Trinajstić information content (AvgIpc) is 2.79. The predicted octanol–water partition coefficient (Wildman–Crippen LogP) is 5.17. The van der Waals surface area contributed by atoms with E-state index in [1.54, 1.807) is 24.1 Å². The van der Waals surface area contributed by atoms with Gasteiger partial charge in [0.25, 0.3) is 0 Å². The first-order valence-electron chi connectivity index (χ1n) is 11.3. The highest BCUT2D eigenvalue weighted by atomic mass is 35.5. The largest absolute Gasteiger partial charge is 0.383 e. The number of rotatable bonds is 12. The molecule has 0 aliphatic rings. The van der Waals surface area contributed by atoms with E-state index in [-0.39, 0.29) is 39.3 Å². The number of nitrogens with zero attached hydrogens (tertiary/aromatic N) is 2. The quantitative estimate of drug-likeness (QED) is 0.370. The minimum atomic E-state index is -4.23. The number of hydrogen-bond donors (Lipinski definition) is 1. The lowest BCUT2D eigenvalue weighted by Crippen LogP contribution is -2.44. The van der Waals surface area contributed by atoms with E-state index in [0.29, 0.717) is 18.7 Å². The van der Waals surface area contributed by atoms with E-state index in [1.807, 2.05) is 33.8 Å². The Morgan fingerprint density at radius 2 is 1.74 bits per heavy atom. The molecule has 35 heavy (non-hydrogen) atoms. The highest BCUT2D eigenvalue weighted by Crippen LogP contribution is 2.31. The van der Waals surface area contributed by atoms with Crippen molar-refractivity contribution >= 4 is 45.0 Å². The van der Waals surface area contributed by atoms with Gasteiger partial charge >= 0.3 is 16.1 Å². The molecule has 0 fully saturated rings. The Bertz CT molecular complexity index is 1110. The van der Waals surface area contributed by atoms with Gasteiger partial charge in [0.1, 0.15) is 10.6 Å². The van der Waals surface area contributed by atoms with Crippen molar-refractivity contribution in [3.05, 3.63) is 52.0 Å². The first kappa shape index (κ1) is 29.0. The van der Waals surface area contributed by atoms with Gasteiger partial charge in [0.15, 0.2) is 0 Å². The molecule has 2 rings (SSSR count). The Kier molecular flexibility index (Phi) is 11.0. The molecule has 8 nitrogen and oxygen atoms in total. The number of amides is 2. The van der Waals surface area contributed by atoms with E-state index in [0.717, 1.165) is 18.8 Å². The van der Waals surface area contributed by atoms with Gasteiger partial charge in [-0.2, -0.15) is 8.42 Å². The van der Waals surface area contributed by atoms with E-state index < -0.39 is 10.1 Å². The molecule has 11 heteroatoms. The first-order valence-corrected chi connectivity index (χ1v) is 13.5. The molecule has 0 radical (unpaired) electrons. The van der Waals surface area contributed by atoms with Gasteiger partial charge in [-0.1, -0.05) is 29.3 Å². The van der Waals surface area contributed by atoms with Crippen LogP contribution >= 0.6 is 23.2 Å². The normalized spacial score (nSPS) is 11.4. The topological polar surface area (TPSA) is 88.2 Å². The number of halogens is 2. The molecule has 0 aliphatic carbocycles. The molecule has 2 amide bonds. The summed E-state index contributed by atoms with van der Waals surface area (Å²) in [7, 11) is -2.68. The van der Waals surface area contributed by atoms with Crippen LogP contribution in [0.3, 0.4) is 0 Å². The second-order valence-electron chi connectivity index (χ2n) is 8.10. The number of hydrogen-bond acceptors (Lipinski definition) is 6. The summed E-state index contributed by atoms with van der Waals surface area (Å²) in [5, 5.41) is 3.20. The van der Waals surface area contributed by atoms with Crippen LogP contribution in [0.4, 0.5) is 10.5 Å². The Morgan fingerprint density at radius 3 is 2.31 bits per heavy atom. The van der Waals surface area contributed by atoms with Crippen LogP contribution in [0.15, 0.2) is 41.3 Å². The van der Waals surface area contributed by atoms with Crippen LogP contribution < -0.4 is 14.4 Å². The maximum atomic E-state index is 13.1. The highest BCUT2D eigenvalue weighted by molar-refractivity contribution is 7.87. The molecule has 194 valence electrons. The number of nitrogens with one attached hydrogen (secondary N) is 1. The SMILES string of the molecule is CCN(CC)c1ccc(CN(CCOC)C(=O)NC(C)C)c(OS(=O)(=O)c2ccc(Cl)c(Cl)c2)c1. The van der Waals surface area contributed by atoms with Crippen molar-refractivity contribution in [2.75, 3.05) is 38.3 Å². The van der Waals surface area contributed by atoms with Crippen LogP contribution in [0.5, 0.6) is 5.75 Å². The van der Waals surface area contributed by atoms with Gasteiger partial charge < -0.3 is 24.0 Å². The summed E-state index contributed by atoms with van der Waals surface area (Å²) in [5.74, 6) is 0.125. The maximum absolute atomic E-state index is 13.1. The molecule has 2 aromatic rings. The van der Waals surface area contributed by atoms with Crippen LogP contribution in [-0.4, -0.2) is 58.7 Å². The molecule has 0 aromatic heterocycles. The van der Waals surface area contributed by atoms with E-state index >= 15 is 0 Å². The Hall–Kier alpha value is -2.20. The summed E-state index contributed by atoms with van der Waals surface area (Å²) in [5.41, 5.74) is 1.33. The van der Waals surface area contributed by atoms with Crippen molar-refractivity contribution in [2.24, 2.45) is 0 Å². The molecule has 1 N–H and O–H groups in total. The fourth-order valence-electron chi connectivity index (χ4n) is 3.33. The van der Waals surface area contributed by atoms with Crippen molar-refractivity contribution in [3.8, 4) is 5.75 Å². The minimum absolute atomic E-state index is 0.0664. The molecular weight excluding hydrogens is 513 g/mol. The van der Waals surface area contributed by atoms with Gasteiger partial charge in [-0.3, -0.25) is 0 Å². The van der Waals surface area contributed by atoms with Crippen LogP contribution in [-0.2, 0) is 21.4 Å². The minimum Gasteiger partial charge on any atom is -0.383 e. The average molecular weight is 547 g/mol. The van der Waals surface area contributed by atoms with Crippen molar-refractivity contribution in [1.82, 2.24) is 10.2 Å². The van der Waals surface area contributed by atoms with Crippen molar-refractivity contribution in [1.29, 1.82) is 0 Å². The number of benzene rings is 2. The molecule has 2 aromatic carbocycles. The predicted molar refractivity (Wildman–Crippen MR) is 140 cm³/mol. The van der Waals surface area contributed by atoms with E-state index in [2.05, 4.69) is 10.2 Å². The maximum Gasteiger partial charge on any atom is 0.339 e. The van der Waals surface area contributed by atoms with Gasteiger partial charge in [-0.25, -0.2) is 4.79 Å². The molecule has 0 aliphatic heterocycles. The summed E-state index contributed by atoms with van der Waals surface area (Å²) in [6.07, 6.45) is 0. The second-order valence-corrected chi connectivity index (χ2v) is 10.5. The van der Waals surface area contributed by atoms with Crippen LogP contribution in [0, 0.1) is 0 Å². The Balaban J connectivity index is 2.50. The lowest BCUT2D eigenvalue weighted by atomic mass is 10.1.